The minimum absolute atomic E-state index is 0.0363. The van der Waals surface area contributed by atoms with Gasteiger partial charge < -0.3 is 10.2 Å². The molecule has 0 aliphatic heterocycles. The number of anilines is 1. The normalized spacial score (nSPS) is 12.6. The highest BCUT2D eigenvalue weighted by Gasteiger charge is 2.17. The van der Waals surface area contributed by atoms with Gasteiger partial charge in [-0.25, -0.2) is 0 Å². The van der Waals surface area contributed by atoms with E-state index in [0.717, 1.165) is 34.6 Å². The number of aryl methyl sites for hydroxylation is 1. The third-order valence-electron chi connectivity index (χ3n) is 3.86. The standard InChI is InChI=1S/C16H25BrN6O/c1-11(9-23-13(3)15(17)12(2)20-23)16(24)19-14-8-18-22(10-14)7-6-21(4)5/h8,10-11H,6-7,9H2,1-5H3,(H,19,24). The smallest absolute Gasteiger partial charge is 0.229 e. The summed E-state index contributed by atoms with van der Waals surface area (Å²) in [7, 11) is 4.04. The Hall–Kier alpha value is -1.67. The fraction of sp³-hybridized carbons (Fsp3) is 0.562. The van der Waals surface area contributed by atoms with Gasteiger partial charge in [-0.1, -0.05) is 6.92 Å². The van der Waals surface area contributed by atoms with Crippen molar-refractivity contribution in [1.29, 1.82) is 0 Å². The number of hydrogen-bond acceptors (Lipinski definition) is 4. The number of amides is 1. The predicted octanol–water partition coefficient (Wildman–Crippen LogP) is 2.30. The monoisotopic (exact) mass is 396 g/mol. The molecule has 2 rings (SSSR count). The van der Waals surface area contributed by atoms with Crippen molar-refractivity contribution in [3.8, 4) is 0 Å². The van der Waals surface area contributed by atoms with Crippen LogP contribution < -0.4 is 5.32 Å². The average Bonchev–Trinajstić information content (AvgIpc) is 3.06. The highest BCUT2D eigenvalue weighted by molar-refractivity contribution is 9.10. The molecular formula is C16H25BrN6O. The van der Waals surface area contributed by atoms with E-state index in [-0.39, 0.29) is 11.8 Å². The highest BCUT2D eigenvalue weighted by atomic mass is 79.9. The Bertz CT molecular complexity index is 705. The van der Waals surface area contributed by atoms with Crippen LogP contribution in [-0.2, 0) is 17.9 Å². The molecule has 2 heterocycles. The van der Waals surface area contributed by atoms with Crippen LogP contribution in [0.3, 0.4) is 0 Å². The number of halogens is 1. The Morgan fingerprint density at radius 1 is 1.42 bits per heavy atom. The molecule has 0 aromatic carbocycles. The van der Waals surface area contributed by atoms with Crippen molar-refractivity contribution in [3.05, 3.63) is 28.3 Å². The van der Waals surface area contributed by atoms with Crippen LogP contribution in [0, 0.1) is 19.8 Å². The summed E-state index contributed by atoms with van der Waals surface area (Å²) in [4.78, 5) is 14.5. The zero-order valence-electron chi connectivity index (χ0n) is 14.9. The van der Waals surface area contributed by atoms with E-state index in [1.54, 1.807) is 6.20 Å². The van der Waals surface area contributed by atoms with Crippen molar-refractivity contribution < 1.29 is 4.79 Å². The number of nitrogens with zero attached hydrogens (tertiary/aromatic N) is 5. The molecule has 0 bridgehead atoms. The third kappa shape index (κ3) is 4.67. The Balaban J connectivity index is 1.93. The molecule has 132 valence electrons. The molecule has 0 spiro atoms. The molecule has 0 radical (unpaired) electrons. The molecule has 1 atom stereocenters. The van der Waals surface area contributed by atoms with Crippen molar-refractivity contribution in [2.24, 2.45) is 5.92 Å². The Labute approximate surface area is 151 Å². The van der Waals surface area contributed by atoms with E-state index in [1.807, 2.05) is 50.4 Å². The second-order valence-corrected chi connectivity index (χ2v) is 7.15. The van der Waals surface area contributed by atoms with Crippen molar-refractivity contribution in [3.63, 3.8) is 0 Å². The van der Waals surface area contributed by atoms with Crippen LogP contribution in [0.15, 0.2) is 16.9 Å². The maximum absolute atomic E-state index is 12.4. The number of carbonyl (C=O) groups excluding carboxylic acids is 1. The molecule has 1 unspecified atom stereocenters. The zero-order chi connectivity index (χ0) is 17.9. The quantitative estimate of drug-likeness (QED) is 0.779. The molecule has 0 aliphatic rings. The molecule has 24 heavy (non-hydrogen) atoms. The first kappa shape index (κ1) is 18.7. The lowest BCUT2D eigenvalue weighted by atomic mass is 10.1. The average molecular weight is 397 g/mol. The SMILES string of the molecule is Cc1nn(CC(C)C(=O)Nc2cnn(CCN(C)C)c2)c(C)c1Br. The molecule has 7 nitrogen and oxygen atoms in total. The van der Waals surface area contributed by atoms with Crippen LogP contribution in [-0.4, -0.2) is 51.0 Å². The zero-order valence-corrected chi connectivity index (χ0v) is 16.5. The first-order valence-electron chi connectivity index (χ1n) is 7.95. The van der Waals surface area contributed by atoms with E-state index in [1.165, 1.54) is 0 Å². The van der Waals surface area contributed by atoms with Gasteiger partial charge in [-0.3, -0.25) is 14.2 Å². The third-order valence-corrected chi connectivity index (χ3v) is 5.01. The van der Waals surface area contributed by atoms with E-state index in [2.05, 4.69) is 36.3 Å². The van der Waals surface area contributed by atoms with E-state index >= 15 is 0 Å². The van der Waals surface area contributed by atoms with Crippen LogP contribution in [0.5, 0.6) is 0 Å². The van der Waals surface area contributed by atoms with Gasteiger partial charge in [-0.15, -0.1) is 0 Å². The maximum Gasteiger partial charge on any atom is 0.229 e. The molecular weight excluding hydrogens is 372 g/mol. The molecule has 1 N–H and O–H groups in total. The van der Waals surface area contributed by atoms with Gasteiger partial charge in [0.15, 0.2) is 0 Å². The molecule has 0 aliphatic carbocycles. The molecule has 0 fully saturated rings. The minimum atomic E-state index is -0.194. The summed E-state index contributed by atoms with van der Waals surface area (Å²) in [5.74, 6) is -0.231. The number of carbonyl (C=O) groups is 1. The summed E-state index contributed by atoms with van der Waals surface area (Å²) >= 11 is 3.51. The molecule has 0 saturated heterocycles. The second kappa shape index (κ2) is 7.94. The number of likely N-dealkylation sites (N-methyl/N-ethyl adjacent to an activating group) is 1. The first-order chi connectivity index (χ1) is 11.3. The number of rotatable bonds is 7. The Kier molecular flexibility index (Phi) is 6.17. The molecule has 0 saturated carbocycles. The number of hydrogen-bond donors (Lipinski definition) is 1. The van der Waals surface area contributed by atoms with Gasteiger partial charge in [0.25, 0.3) is 0 Å². The fourth-order valence-electron chi connectivity index (χ4n) is 2.31. The maximum atomic E-state index is 12.4. The Morgan fingerprint density at radius 2 is 2.12 bits per heavy atom. The van der Waals surface area contributed by atoms with Gasteiger partial charge in [0.05, 0.1) is 41.1 Å². The van der Waals surface area contributed by atoms with Crippen LogP contribution in [0.2, 0.25) is 0 Å². The van der Waals surface area contributed by atoms with Crippen molar-refractivity contribution in [2.75, 3.05) is 26.0 Å². The highest BCUT2D eigenvalue weighted by Crippen LogP contribution is 2.20. The van der Waals surface area contributed by atoms with Gasteiger partial charge in [0.1, 0.15) is 0 Å². The predicted molar refractivity (Wildman–Crippen MR) is 98.0 cm³/mol. The van der Waals surface area contributed by atoms with Crippen LogP contribution >= 0.6 is 15.9 Å². The van der Waals surface area contributed by atoms with Crippen molar-refractivity contribution in [2.45, 2.75) is 33.9 Å². The van der Waals surface area contributed by atoms with Crippen LogP contribution in [0.4, 0.5) is 5.69 Å². The van der Waals surface area contributed by atoms with Gasteiger partial charge in [-0.2, -0.15) is 10.2 Å². The van der Waals surface area contributed by atoms with E-state index in [0.29, 0.717) is 6.54 Å². The summed E-state index contributed by atoms with van der Waals surface area (Å²) < 4.78 is 4.69. The molecule has 1 amide bonds. The number of nitrogens with one attached hydrogen (secondary N) is 1. The lowest BCUT2D eigenvalue weighted by molar-refractivity contribution is -0.119. The largest absolute Gasteiger partial charge is 0.323 e. The van der Waals surface area contributed by atoms with Crippen molar-refractivity contribution in [1.82, 2.24) is 24.5 Å². The van der Waals surface area contributed by atoms with E-state index in [9.17, 15) is 4.79 Å². The topological polar surface area (TPSA) is 68.0 Å². The molecule has 8 heteroatoms. The second-order valence-electron chi connectivity index (χ2n) is 6.35. The minimum Gasteiger partial charge on any atom is -0.323 e. The van der Waals surface area contributed by atoms with E-state index < -0.39 is 0 Å². The number of aromatic nitrogens is 4. The fourth-order valence-corrected chi connectivity index (χ4v) is 2.60. The summed E-state index contributed by atoms with van der Waals surface area (Å²) in [6.45, 7) is 8.06. The summed E-state index contributed by atoms with van der Waals surface area (Å²) in [6.07, 6.45) is 3.54. The Morgan fingerprint density at radius 3 is 2.71 bits per heavy atom. The van der Waals surface area contributed by atoms with Gasteiger partial charge in [-0.05, 0) is 43.9 Å². The summed E-state index contributed by atoms with van der Waals surface area (Å²) in [5.41, 5.74) is 2.69. The first-order valence-corrected chi connectivity index (χ1v) is 8.74. The van der Waals surface area contributed by atoms with Crippen molar-refractivity contribution >= 4 is 27.5 Å². The molecule has 2 aromatic heterocycles. The summed E-state index contributed by atoms with van der Waals surface area (Å²) in [6, 6.07) is 0. The van der Waals surface area contributed by atoms with Crippen LogP contribution in [0.1, 0.15) is 18.3 Å². The van der Waals surface area contributed by atoms with Gasteiger partial charge >= 0.3 is 0 Å². The van der Waals surface area contributed by atoms with Gasteiger partial charge in [0, 0.05) is 18.4 Å². The lowest BCUT2D eigenvalue weighted by Gasteiger charge is -2.12. The van der Waals surface area contributed by atoms with Crippen LogP contribution in [0.25, 0.3) is 0 Å². The van der Waals surface area contributed by atoms with Gasteiger partial charge in [0.2, 0.25) is 5.91 Å². The lowest BCUT2D eigenvalue weighted by Crippen LogP contribution is -2.25. The molecule has 2 aromatic rings. The van der Waals surface area contributed by atoms with E-state index in [4.69, 9.17) is 0 Å². The summed E-state index contributed by atoms with van der Waals surface area (Å²) in [5, 5.41) is 11.6.